The summed E-state index contributed by atoms with van der Waals surface area (Å²) in [4.78, 5) is 38.1. The van der Waals surface area contributed by atoms with E-state index in [1.54, 1.807) is 0 Å². The van der Waals surface area contributed by atoms with E-state index in [4.69, 9.17) is 14.2 Å². The van der Waals surface area contributed by atoms with Crippen LogP contribution in [0.25, 0.3) is 0 Å². The van der Waals surface area contributed by atoms with E-state index in [0.29, 0.717) is 25.7 Å². The van der Waals surface area contributed by atoms with Gasteiger partial charge in [-0.1, -0.05) is 257 Å². The van der Waals surface area contributed by atoms with Crippen LogP contribution in [0.1, 0.15) is 226 Å². The van der Waals surface area contributed by atoms with Crippen LogP contribution in [-0.2, 0) is 28.6 Å². The van der Waals surface area contributed by atoms with Gasteiger partial charge in [0.05, 0.1) is 0 Å². The number of ether oxygens (including phenoxy) is 3. The summed E-state index contributed by atoms with van der Waals surface area (Å²) in [6, 6.07) is 0. The average Bonchev–Trinajstić information content (AvgIpc) is 3.35. The van der Waals surface area contributed by atoms with Crippen LogP contribution in [-0.4, -0.2) is 37.2 Å². The van der Waals surface area contributed by atoms with Gasteiger partial charge in [-0.2, -0.15) is 0 Å². The van der Waals surface area contributed by atoms with E-state index in [2.05, 4.69) is 75.5 Å². The lowest BCUT2D eigenvalue weighted by Crippen LogP contribution is -2.30. The molecular weight excluding hydrogens is 853 g/mol. The van der Waals surface area contributed by atoms with Crippen molar-refractivity contribution >= 4 is 17.9 Å². The molecule has 0 amide bonds. The van der Waals surface area contributed by atoms with E-state index >= 15 is 0 Å². The van der Waals surface area contributed by atoms with Crippen molar-refractivity contribution in [1.82, 2.24) is 0 Å². The summed E-state index contributed by atoms with van der Waals surface area (Å²) in [5, 5.41) is 0. The van der Waals surface area contributed by atoms with Crippen LogP contribution in [0.3, 0.4) is 0 Å². The molecule has 1 unspecified atom stereocenters. The molecule has 0 aliphatic rings. The average molecular weight is 953 g/mol. The molecule has 0 heterocycles. The van der Waals surface area contributed by atoms with Gasteiger partial charge in [0, 0.05) is 19.3 Å². The molecule has 0 N–H and O–H groups in total. The van der Waals surface area contributed by atoms with Crippen molar-refractivity contribution in [1.29, 1.82) is 0 Å². The predicted octanol–water partition coefficient (Wildman–Crippen LogP) is 18.6. The van der Waals surface area contributed by atoms with Crippen molar-refractivity contribution < 1.29 is 28.6 Å². The van der Waals surface area contributed by atoms with Gasteiger partial charge in [-0.15, -0.1) is 0 Å². The Kier molecular flexibility index (Phi) is 52.5. The molecule has 0 aromatic rings. The van der Waals surface area contributed by atoms with Gasteiger partial charge in [0.2, 0.25) is 0 Å². The smallest absolute Gasteiger partial charge is 0.306 e. The Hall–Kier alpha value is -4.45. The highest BCUT2D eigenvalue weighted by Crippen LogP contribution is 2.14. The lowest BCUT2D eigenvalue weighted by molar-refractivity contribution is -0.166. The number of unbranched alkanes of at least 4 members (excludes halogenated alkanes) is 22. The van der Waals surface area contributed by atoms with Crippen LogP contribution in [0, 0.1) is 0 Å². The molecule has 0 spiro atoms. The summed E-state index contributed by atoms with van der Waals surface area (Å²) in [6.45, 7) is 6.35. The molecule has 1 atom stereocenters. The van der Waals surface area contributed by atoms with Gasteiger partial charge < -0.3 is 14.2 Å². The first kappa shape index (κ1) is 64.5. The number of allylic oxidation sites excluding steroid dienone is 22. The second-order valence-corrected chi connectivity index (χ2v) is 18.0. The fourth-order valence-corrected chi connectivity index (χ4v) is 7.17. The van der Waals surface area contributed by atoms with E-state index in [1.807, 2.05) is 79.0 Å². The molecule has 6 heteroatoms. The third-order valence-corrected chi connectivity index (χ3v) is 11.3. The summed E-state index contributed by atoms with van der Waals surface area (Å²) in [5.74, 6) is -1.04. The minimum atomic E-state index is -0.827. The van der Waals surface area contributed by atoms with Crippen molar-refractivity contribution in [3.05, 3.63) is 134 Å². The SMILES string of the molecule is CC\C=C/C=C\C=C/C=C\C=C\C=C/C=C\CCCCCC(=O)OCC(COC(=O)CC/C=C\C/C=C\CCCCCCCC)OC(=O)CCCCCCCCCCCC/C=C\C=C/CCCCC. The normalized spacial score (nSPS) is 13.1. The Balaban J connectivity index is 4.55. The number of hydrogen-bond acceptors (Lipinski definition) is 6. The Morgan fingerprint density at radius 3 is 1.14 bits per heavy atom. The minimum Gasteiger partial charge on any atom is -0.462 e. The van der Waals surface area contributed by atoms with Crippen LogP contribution >= 0.6 is 0 Å². The molecule has 0 saturated carbocycles. The van der Waals surface area contributed by atoms with Gasteiger partial charge in [-0.3, -0.25) is 14.4 Å². The maximum atomic E-state index is 12.8. The molecule has 0 rings (SSSR count). The highest BCUT2D eigenvalue weighted by atomic mass is 16.6. The number of esters is 3. The number of carbonyl (C=O) groups excluding carboxylic acids is 3. The van der Waals surface area contributed by atoms with Crippen molar-refractivity contribution in [2.45, 2.75) is 232 Å². The molecule has 0 saturated heterocycles. The van der Waals surface area contributed by atoms with Gasteiger partial charge >= 0.3 is 17.9 Å². The first-order chi connectivity index (χ1) is 34.0. The second kappa shape index (κ2) is 56.1. The molecule has 0 bridgehead atoms. The maximum Gasteiger partial charge on any atom is 0.306 e. The zero-order valence-electron chi connectivity index (χ0n) is 44.3. The Morgan fingerprint density at radius 1 is 0.319 bits per heavy atom. The third-order valence-electron chi connectivity index (χ3n) is 11.3. The Bertz CT molecular complexity index is 1510. The largest absolute Gasteiger partial charge is 0.462 e. The van der Waals surface area contributed by atoms with Gasteiger partial charge in [0.25, 0.3) is 0 Å². The van der Waals surface area contributed by atoms with E-state index in [9.17, 15) is 14.4 Å². The first-order valence-electron chi connectivity index (χ1n) is 27.8. The predicted molar refractivity (Wildman–Crippen MR) is 297 cm³/mol. The molecule has 6 nitrogen and oxygen atoms in total. The molecule has 0 aliphatic heterocycles. The molecule has 69 heavy (non-hydrogen) atoms. The first-order valence-corrected chi connectivity index (χ1v) is 27.8. The lowest BCUT2D eigenvalue weighted by Gasteiger charge is -2.18. The molecular formula is C63H100O6. The number of hydrogen-bond donors (Lipinski definition) is 0. The number of rotatable bonds is 48. The molecule has 0 aromatic heterocycles. The highest BCUT2D eigenvalue weighted by Gasteiger charge is 2.19. The molecule has 0 radical (unpaired) electrons. The monoisotopic (exact) mass is 953 g/mol. The van der Waals surface area contributed by atoms with Crippen LogP contribution in [0.2, 0.25) is 0 Å². The van der Waals surface area contributed by atoms with Crippen LogP contribution in [0.15, 0.2) is 134 Å². The fraction of sp³-hybridized carbons (Fsp3) is 0.603. The van der Waals surface area contributed by atoms with E-state index < -0.39 is 6.10 Å². The topological polar surface area (TPSA) is 78.9 Å². The van der Waals surface area contributed by atoms with Crippen molar-refractivity contribution in [3.63, 3.8) is 0 Å². The summed E-state index contributed by atoms with van der Waals surface area (Å²) >= 11 is 0. The van der Waals surface area contributed by atoms with Gasteiger partial charge in [-0.25, -0.2) is 0 Å². The third kappa shape index (κ3) is 54.4. The highest BCUT2D eigenvalue weighted by molar-refractivity contribution is 5.71. The minimum absolute atomic E-state index is 0.125. The fourth-order valence-electron chi connectivity index (χ4n) is 7.17. The van der Waals surface area contributed by atoms with Gasteiger partial charge in [-0.05, 0) is 83.5 Å². The van der Waals surface area contributed by atoms with Crippen molar-refractivity contribution in [2.75, 3.05) is 13.2 Å². The Labute approximate surface area is 424 Å². The summed E-state index contributed by atoms with van der Waals surface area (Å²) in [7, 11) is 0. The van der Waals surface area contributed by atoms with E-state index in [1.165, 1.54) is 116 Å². The zero-order valence-corrected chi connectivity index (χ0v) is 44.3. The van der Waals surface area contributed by atoms with Crippen molar-refractivity contribution in [3.8, 4) is 0 Å². The van der Waals surface area contributed by atoms with Crippen LogP contribution in [0.4, 0.5) is 0 Å². The van der Waals surface area contributed by atoms with E-state index in [-0.39, 0.29) is 37.5 Å². The summed E-state index contributed by atoms with van der Waals surface area (Å²) in [6.07, 6.45) is 78.7. The number of carbonyl (C=O) groups is 3. The molecule has 388 valence electrons. The summed E-state index contributed by atoms with van der Waals surface area (Å²) in [5.41, 5.74) is 0. The molecule has 0 fully saturated rings. The van der Waals surface area contributed by atoms with Crippen LogP contribution < -0.4 is 0 Å². The maximum absolute atomic E-state index is 12.8. The molecule has 0 aliphatic carbocycles. The van der Waals surface area contributed by atoms with Crippen molar-refractivity contribution in [2.24, 2.45) is 0 Å². The second-order valence-electron chi connectivity index (χ2n) is 18.0. The lowest BCUT2D eigenvalue weighted by atomic mass is 10.1. The molecule has 0 aromatic carbocycles. The standard InChI is InChI=1S/C63H100O6/c1-4-7-10-13-16-19-22-25-27-29-31-33-35-38-41-44-47-50-53-56-62(65)68-59-60(58-67-61(64)55-52-49-46-43-40-37-24-21-18-15-12-9-6-3)69-63(66)57-54-51-48-45-42-39-36-34-32-30-28-26-23-20-17-14-11-8-5-2/h7,10,13,16-17,19-20,22-23,25-27,29,31,33,35,37-38,40-41,46,49,60H,4-6,8-9,11-12,14-15,18,21,24,28,30,32,34,36,39,42-45,47-48,50-59H2,1-3H3/b10-7-,16-13-,20-17-,22-19-,26-23-,27-25-,31-29+,35-33-,40-37-,41-38-,49-46-. The summed E-state index contributed by atoms with van der Waals surface area (Å²) < 4.78 is 16.7. The van der Waals surface area contributed by atoms with E-state index in [0.717, 1.165) is 57.8 Å². The Morgan fingerprint density at radius 2 is 0.652 bits per heavy atom. The zero-order chi connectivity index (χ0) is 50.0. The van der Waals surface area contributed by atoms with Gasteiger partial charge in [0.1, 0.15) is 13.2 Å². The van der Waals surface area contributed by atoms with Gasteiger partial charge in [0.15, 0.2) is 6.10 Å². The quantitative estimate of drug-likeness (QED) is 0.0199. The van der Waals surface area contributed by atoms with Crippen LogP contribution in [0.5, 0.6) is 0 Å².